The van der Waals surface area contributed by atoms with Crippen LogP contribution in [-0.2, 0) is 6.18 Å². The van der Waals surface area contributed by atoms with Crippen LogP contribution in [0.2, 0.25) is 5.15 Å². The molecule has 20 heavy (non-hydrogen) atoms. The average Bonchev–Trinajstić information content (AvgIpc) is 2.75. The quantitative estimate of drug-likeness (QED) is 0.703. The summed E-state index contributed by atoms with van der Waals surface area (Å²) in [5.41, 5.74) is -0.605. The molecule has 2 heterocycles. The van der Waals surface area contributed by atoms with Gasteiger partial charge in [-0.05, 0) is 29.9 Å². The summed E-state index contributed by atoms with van der Waals surface area (Å²) in [4.78, 5) is 5.92. The van der Waals surface area contributed by atoms with E-state index in [2.05, 4.69) is 25.8 Å². The first-order valence-corrected chi connectivity index (χ1v) is 6.95. The van der Waals surface area contributed by atoms with Crippen molar-refractivity contribution >= 4 is 17.4 Å². The Hall–Kier alpha value is -0.970. The van der Waals surface area contributed by atoms with Gasteiger partial charge in [-0.3, -0.25) is 0 Å². The van der Waals surface area contributed by atoms with E-state index in [-0.39, 0.29) is 10.6 Å². The molecular weight excluding hydrogens is 289 g/mol. The maximum atomic E-state index is 12.8. The number of nitrogens with zero attached hydrogens (tertiary/aromatic N) is 2. The fourth-order valence-electron chi connectivity index (χ4n) is 2.48. The molecule has 0 aromatic carbocycles. The van der Waals surface area contributed by atoms with Gasteiger partial charge in [-0.25, -0.2) is 4.98 Å². The molecule has 0 N–H and O–H groups in total. The minimum atomic E-state index is -4.40. The van der Waals surface area contributed by atoms with Crippen LogP contribution < -0.4 is 4.90 Å². The van der Waals surface area contributed by atoms with Crippen LogP contribution >= 0.6 is 11.6 Å². The van der Waals surface area contributed by atoms with Crippen molar-refractivity contribution < 1.29 is 13.2 Å². The molecule has 1 unspecified atom stereocenters. The predicted molar refractivity (Wildman–Crippen MR) is 74.0 cm³/mol. The van der Waals surface area contributed by atoms with Gasteiger partial charge in [-0.15, -0.1) is 0 Å². The second kappa shape index (κ2) is 5.10. The third kappa shape index (κ3) is 3.37. The standard InChI is InChI=1S/C14H18ClF3N2/c1-13(2,3)9-4-5-20(8-9)12-7-10(14(16,17)18)6-11(15)19-12/h6-7,9H,4-5,8H2,1-3H3. The van der Waals surface area contributed by atoms with Crippen LogP contribution in [0.4, 0.5) is 19.0 Å². The van der Waals surface area contributed by atoms with Crippen molar-refractivity contribution in [2.45, 2.75) is 33.4 Å². The number of pyridine rings is 1. The Morgan fingerprint density at radius 1 is 1.25 bits per heavy atom. The lowest BCUT2D eigenvalue weighted by Crippen LogP contribution is -2.26. The number of aromatic nitrogens is 1. The Kier molecular flexibility index (Phi) is 3.93. The molecule has 0 radical (unpaired) electrons. The summed E-state index contributed by atoms with van der Waals surface area (Å²) in [7, 11) is 0. The summed E-state index contributed by atoms with van der Waals surface area (Å²) in [5, 5.41) is -0.117. The Bertz CT molecular complexity index is 494. The lowest BCUT2D eigenvalue weighted by Gasteiger charge is -2.27. The lowest BCUT2D eigenvalue weighted by atomic mass is 9.80. The molecule has 0 amide bonds. The first kappa shape index (κ1) is 15.4. The molecule has 0 aliphatic carbocycles. The Labute approximate surface area is 121 Å². The van der Waals surface area contributed by atoms with Gasteiger partial charge < -0.3 is 4.90 Å². The second-order valence-electron chi connectivity index (χ2n) is 6.33. The highest BCUT2D eigenvalue weighted by Crippen LogP contribution is 2.37. The minimum Gasteiger partial charge on any atom is -0.356 e. The summed E-state index contributed by atoms with van der Waals surface area (Å²) < 4.78 is 38.4. The largest absolute Gasteiger partial charge is 0.416 e. The molecule has 1 aliphatic rings. The van der Waals surface area contributed by atoms with Gasteiger partial charge in [0.05, 0.1) is 5.56 Å². The van der Waals surface area contributed by atoms with E-state index < -0.39 is 11.7 Å². The normalized spacial score (nSPS) is 20.6. The van der Waals surface area contributed by atoms with E-state index in [4.69, 9.17) is 11.6 Å². The number of alkyl halides is 3. The van der Waals surface area contributed by atoms with Gasteiger partial charge in [0, 0.05) is 13.1 Å². The first-order chi connectivity index (χ1) is 9.07. The number of hydrogen-bond acceptors (Lipinski definition) is 2. The fraction of sp³-hybridized carbons (Fsp3) is 0.643. The molecule has 1 fully saturated rings. The first-order valence-electron chi connectivity index (χ1n) is 6.57. The molecule has 112 valence electrons. The zero-order valence-corrected chi connectivity index (χ0v) is 12.5. The Balaban J connectivity index is 2.25. The van der Waals surface area contributed by atoms with Crippen molar-refractivity contribution in [1.82, 2.24) is 4.98 Å². The smallest absolute Gasteiger partial charge is 0.356 e. The van der Waals surface area contributed by atoms with Crippen LogP contribution in [0.25, 0.3) is 0 Å². The summed E-state index contributed by atoms with van der Waals surface area (Å²) in [6, 6.07) is 1.94. The Morgan fingerprint density at radius 2 is 1.90 bits per heavy atom. The molecule has 0 spiro atoms. The lowest BCUT2D eigenvalue weighted by molar-refractivity contribution is -0.137. The van der Waals surface area contributed by atoms with Gasteiger partial charge in [-0.1, -0.05) is 32.4 Å². The van der Waals surface area contributed by atoms with Crippen molar-refractivity contribution in [1.29, 1.82) is 0 Å². The molecule has 1 aromatic heterocycles. The monoisotopic (exact) mass is 306 g/mol. The minimum absolute atomic E-state index is 0.117. The average molecular weight is 307 g/mol. The van der Waals surface area contributed by atoms with Crippen LogP contribution in [0, 0.1) is 11.3 Å². The summed E-state index contributed by atoms with van der Waals surface area (Å²) >= 11 is 5.72. The molecule has 0 saturated carbocycles. The summed E-state index contributed by atoms with van der Waals surface area (Å²) in [5.74, 6) is 0.759. The van der Waals surface area contributed by atoms with Crippen LogP contribution in [-0.4, -0.2) is 18.1 Å². The van der Waals surface area contributed by atoms with Crippen molar-refractivity contribution in [2.75, 3.05) is 18.0 Å². The van der Waals surface area contributed by atoms with Gasteiger partial charge in [-0.2, -0.15) is 13.2 Å². The topological polar surface area (TPSA) is 16.1 Å². The number of hydrogen-bond donors (Lipinski definition) is 0. The molecule has 1 aromatic rings. The zero-order chi connectivity index (χ0) is 15.1. The maximum absolute atomic E-state index is 12.8. The van der Waals surface area contributed by atoms with E-state index in [1.54, 1.807) is 0 Å². The van der Waals surface area contributed by atoms with E-state index in [0.29, 0.717) is 24.8 Å². The van der Waals surface area contributed by atoms with E-state index in [1.165, 1.54) is 0 Å². The van der Waals surface area contributed by atoms with E-state index in [0.717, 1.165) is 18.6 Å². The van der Waals surface area contributed by atoms with Crippen LogP contribution in [0.15, 0.2) is 12.1 Å². The van der Waals surface area contributed by atoms with Crippen molar-refractivity contribution in [2.24, 2.45) is 11.3 Å². The molecule has 2 nitrogen and oxygen atoms in total. The molecule has 0 bridgehead atoms. The maximum Gasteiger partial charge on any atom is 0.416 e. The number of halogens is 4. The molecular formula is C14H18ClF3N2. The van der Waals surface area contributed by atoms with Crippen molar-refractivity contribution in [3.05, 3.63) is 22.8 Å². The van der Waals surface area contributed by atoms with Crippen LogP contribution in [0.1, 0.15) is 32.8 Å². The molecule has 6 heteroatoms. The van der Waals surface area contributed by atoms with Crippen LogP contribution in [0.3, 0.4) is 0 Å². The zero-order valence-electron chi connectivity index (χ0n) is 11.8. The van der Waals surface area contributed by atoms with Gasteiger partial charge >= 0.3 is 6.18 Å². The SMILES string of the molecule is CC(C)(C)C1CCN(c2cc(C(F)(F)F)cc(Cl)n2)C1. The van der Waals surface area contributed by atoms with Gasteiger partial charge in [0.15, 0.2) is 0 Å². The molecule has 1 aliphatic heterocycles. The molecule has 1 saturated heterocycles. The third-order valence-corrected chi connectivity index (χ3v) is 4.04. The second-order valence-corrected chi connectivity index (χ2v) is 6.72. The summed E-state index contributed by atoms with van der Waals surface area (Å²) in [6.07, 6.45) is -3.44. The van der Waals surface area contributed by atoms with Gasteiger partial charge in [0.2, 0.25) is 0 Å². The third-order valence-electron chi connectivity index (χ3n) is 3.84. The number of rotatable bonds is 1. The van der Waals surface area contributed by atoms with E-state index in [1.807, 2.05) is 4.90 Å². The van der Waals surface area contributed by atoms with Gasteiger partial charge in [0.25, 0.3) is 0 Å². The molecule has 2 rings (SSSR count). The predicted octanol–water partition coefficient (Wildman–Crippen LogP) is 4.63. The van der Waals surface area contributed by atoms with E-state index in [9.17, 15) is 13.2 Å². The van der Waals surface area contributed by atoms with Gasteiger partial charge in [0.1, 0.15) is 11.0 Å². The van der Waals surface area contributed by atoms with E-state index >= 15 is 0 Å². The summed E-state index contributed by atoms with van der Waals surface area (Å²) in [6.45, 7) is 7.87. The highest BCUT2D eigenvalue weighted by atomic mass is 35.5. The van der Waals surface area contributed by atoms with Crippen LogP contribution in [0.5, 0.6) is 0 Å². The fourth-order valence-corrected chi connectivity index (χ4v) is 2.69. The van der Waals surface area contributed by atoms with Crippen molar-refractivity contribution in [3.8, 4) is 0 Å². The highest BCUT2D eigenvalue weighted by molar-refractivity contribution is 6.29. The molecule has 1 atom stereocenters. The highest BCUT2D eigenvalue weighted by Gasteiger charge is 2.35. The Morgan fingerprint density at radius 3 is 2.40 bits per heavy atom. The number of anilines is 1. The van der Waals surface area contributed by atoms with Crippen molar-refractivity contribution in [3.63, 3.8) is 0 Å².